The lowest BCUT2D eigenvalue weighted by Crippen LogP contribution is -2.27. The molecule has 0 aromatic heterocycles. The van der Waals surface area contributed by atoms with Crippen LogP contribution >= 0.6 is 12.4 Å². The molecule has 61 valence electrons. The highest BCUT2D eigenvalue weighted by Gasteiger charge is 2.04. The van der Waals surface area contributed by atoms with Gasteiger partial charge < -0.3 is 15.4 Å². The second kappa shape index (κ2) is 7.34. The van der Waals surface area contributed by atoms with Crippen LogP contribution < -0.4 is 5.73 Å². The van der Waals surface area contributed by atoms with E-state index in [1.807, 2.05) is 13.8 Å². The van der Waals surface area contributed by atoms with Crippen molar-refractivity contribution in [3.8, 4) is 0 Å². The lowest BCUT2D eigenvalue weighted by molar-refractivity contribution is 0.165. The van der Waals surface area contributed by atoms with Crippen LogP contribution in [-0.4, -0.2) is 18.9 Å². The Hall–Kier alpha value is 0.235. The van der Waals surface area contributed by atoms with Crippen LogP contribution in [0.25, 0.3) is 0 Å². The molecule has 0 aromatic rings. The molecular formula is C5H14BClNO2. The normalized spacial score (nSPS) is 12.5. The van der Waals surface area contributed by atoms with Crippen molar-refractivity contribution in [2.75, 3.05) is 0 Å². The van der Waals surface area contributed by atoms with Gasteiger partial charge in [0.25, 0.3) is 0 Å². The van der Waals surface area contributed by atoms with Crippen molar-refractivity contribution in [2.45, 2.75) is 26.5 Å². The molecule has 0 fully saturated rings. The molecule has 0 amide bonds. The van der Waals surface area contributed by atoms with Gasteiger partial charge in [0.15, 0.2) is 0 Å². The van der Waals surface area contributed by atoms with Crippen LogP contribution in [0.15, 0.2) is 0 Å². The fourth-order valence-electron chi connectivity index (χ4n) is 0.598. The first kappa shape index (κ1) is 12.9. The SMILES string of the molecule is CC(C)C[C@H](N)O[B]O.Cl. The molecule has 0 aromatic carbocycles. The van der Waals surface area contributed by atoms with Gasteiger partial charge in [-0.25, -0.2) is 0 Å². The van der Waals surface area contributed by atoms with E-state index in [9.17, 15) is 0 Å². The average molecular weight is 166 g/mol. The van der Waals surface area contributed by atoms with Crippen LogP contribution in [0.4, 0.5) is 0 Å². The monoisotopic (exact) mass is 166 g/mol. The molecule has 10 heavy (non-hydrogen) atoms. The molecule has 3 nitrogen and oxygen atoms in total. The van der Waals surface area contributed by atoms with Gasteiger partial charge in [0.05, 0.1) is 6.23 Å². The summed E-state index contributed by atoms with van der Waals surface area (Å²) in [6, 6.07) is 0. The smallest absolute Gasteiger partial charge is 0.429 e. The second-order valence-electron chi connectivity index (χ2n) is 2.41. The van der Waals surface area contributed by atoms with Crippen LogP contribution in [0, 0.1) is 5.92 Å². The van der Waals surface area contributed by atoms with E-state index in [1.165, 1.54) is 0 Å². The molecule has 0 bridgehead atoms. The molecule has 5 heteroatoms. The Bertz CT molecular complexity index is 74.7. The summed E-state index contributed by atoms with van der Waals surface area (Å²) in [5.74, 6) is 0.500. The standard InChI is InChI=1S/C5H13BNO2.ClH/c1-4(2)3-5(7)9-6-8;/h4-5,8H,3,7H2,1-2H3;1H/t5-;/m1./s1. The third-order valence-corrected chi connectivity index (χ3v) is 0.939. The zero-order valence-electron chi connectivity index (χ0n) is 6.28. The minimum absolute atomic E-state index is 0. The van der Waals surface area contributed by atoms with Crippen molar-refractivity contribution in [3.05, 3.63) is 0 Å². The molecule has 0 spiro atoms. The Labute approximate surface area is 68.7 Å². The van der Waals surface area contributed by atoms with Crippen LogP contribution in [0.3, 0.4) is 0 Å². The molecule has 0 aliphatic rings. The van der Waals surface area contributed by atoms with Crippen molar-refractivity contribution in [1.82, 2.24) is 0 Å². The Morgan fingerprint density at radius 2 is 2.10 bits per heavy atom. The first-order valence-corrected chi connectivity index (χ1v) is 3.03. The molecule has 0 unspecified atom stereocenters. The van der Waals surface area contributed by atoms with Gasteiger partial charge >= 0.3 is 7.69 Å². The molecule has 0 saturated heterocycles. The molecule has 1 atom stereocenters. The molecule has 0 rings (SSSR count). The fraction of sp³-hybridized carbons (Fsp3) is 1.00. The van der Waals surface area contributed by atoms with Crippen LogP contribution in [0.5, 0.6) is 0 Å². The summed E-state index contributed by atoms with van der Waals surface area (Å²) >= 11 is 0. The van der Waals surface area contributed by atoms with E-state index in [1.54, 1.807) is 0 Å². The number of hydrogen-bond acceptors (Lipinski definition) is 3. The minimum atomic E-state index is -0.366. The predicted octanol–water partition coefficient (Wildman–Crippen LogP) is 0.282. The Balaban J connectivity index is 0. The summed E-state index contributed by atoms with van der Waals surface area (Å²) in [5.41, 5.74) is 5.37. The largest absolute Gasteiger partial charge is 0.486 e. The Morgan fingerprint density at radius 3 is 2.40 bits per heavy atom. The Kier molecular flexibility index (Phi) is 9.45. The summed E-state index contributed by atoms with van der Waals surface area (Å²) in [6.45, 7) is 4.08. The highest BCUT2D eigenvalue weighted by molar-refractivity contribution is 6.15. The quantitative estimate of drug-likeness (QED) is 0.466. The van der Waals surface area contributed by atoms with Gasteiger partial charge in [-0.15, -0.1) is 12.4 Å². The molecule has 0 aliphatic heterocycles. The van der Waals surface area contributed by atoms with Crippen LogP contribution in [0.1, 0.15) is 20.3 Å². The minimum Gasteiger partial charge on any atom is -0.429 e. The van der Waals surface area contributed by atoms with E-state index < -0.39 is 0 Å². The van der Waals surface area contributed by atoms with Gasteiger partial charge in [0, 0.05) is 0 Å². The lowest BCUT2D eigenvalue weighted by Gasteiger charge is -2.12. The summed E-state index contributed by atoms with van der Waals surface area (Å²) in [5, 5.41) is 8.12. The summed E-state index contributed by atoms with van der Waals surface area (Å²) in [6.07, 6.45) is 0.395. The number of halogens is 1. The van der Waals surface area contributed by atoms with Gasteiger partial charge in [-0.05, 0) is 12.3 Å². The van der Waals surface area contributed by atoms with E-state index in [0.717, 1.165) is 6.42 Å². The van der Waals surface area contributed by atoms with E-state index in [2.05, 4.69) is 4.65 Å². The highest BCUT2D eigenvalue weighted by Crippen LogP contribution is 2.01. The van der Waals surface area contributed by atoms with Crippen molar-refractivity contribution in [3.63, 3.8) is 0 Å². The van der Waals surface area contributed by atoms with Gasteiger partial charge in [0.2, 0.25) is 0 Å². The summed E-state index contributed by atoms with van der Waals surface area (Å²) in [4.78, 5) is 0. The average Bonchev–Trinajstić information content (AvgIpc) is 1.63. The third kappa shape index (κ3) is 8.23. The first-order valence-electron chi connectivity index (χ1n) is 3.03. The van der Waals surface area contributed by atoms with Crippen LogP contribution in [0.2, 0.25) is 0 Å². The highest BCUT2D eigenvalue weighted by atomic mass is 35.5. The fourth-order valence-corrected chi connectivity index (χ4v) is 0.598. The maximum Gasteiger partial charge on any atom is 0.486 e. The number of hydrogen-bond donors (Lipinski definition) is 2. The molecule has 0 aliphatic carbocycles. The van der Waals surface area contributed by atoms with Crippen molar-refractivity contribution in [2.24, 2.45) is 11.7 Å². The summed E-state index contributed by atoms with van der Waals surface area (Å²) in [7, 11) is 0.632. The van der Waals surface area contributed by atoms with Gasteiger partial charge in [-0.1, -0.05) is 13.8 Å². The maximum atomic E-state index is 8.12. The second-order valence-corrected chi connectivity index (χ2v) is 2.41. The van der Waals surface area contributed by atoms with Crippen molar-refractivity contribution < 1.29 is 9.68 Å². The zero-order valence-corrected chi connectivity index (χ0v) is 7.10. The lowest BCUT2D eigenvalue weighted by atomic mass is 10.1. The third-order valence-electron chi connectivity index (χ3n) is 0.939. The van der Waals surface area contributed by atoms with Gasteiger partial charge in [-0.2, -0.15) is 0 Å². The molecular weight excluding hydrogens is 152 g/mol. The van der Waals surface area contributed by atoms with E-state index in [4.69, 9.17) is 10.8 Å². The van der Waals surface area contributed by atoms with Crippen molar-refractivity contribution in [1.29, 1.82) is 0 Å². The molecule has 1 radical (unpaired) electrons. The van der Waals surface area contributed by atoms with Gasteiger partial charge in [-0.3, -0.25) is 0 Å². The van der Waals surface area contributed by atoms with E-state index in [-0.39, 0.29) is 18.6 Å². The summed E-state index contributed by atoms with van der Waals surface area (Å²) < 4.78 is 4.56. The van der Waals surface area contributed by atoms with Gasteiger partial charge in [0.1, 0.15) is 0 Å². The van der Waals surface area contributed by atoms with E-state index >= 15 is 0 Å². The first-order chi connectivity index (χ1) is 4.16. The number of rotatable bonds is 4. The molecule has 0 saturated carbocycles. The maximum absolute atomic E-state index is 8.12. The van der Waals surface area contributed by atoms with Crippen molar-refractivity contribution >= 4 is 20.1 Å². The molecule has 3 N–H and O–H groups in total. The predicted molar refractivity (Wildman–Crippen MR) is 43.7 cm³/mol. The topological polar surface area (TPSA) is 55.5 Å². The number of nitrogens with two attached hydrogens (primary N) is 1. The van der Waals surface area contributed by atoms with E-state index in [0.29, 0.717) is 13.6 Å². The van der Waals surface area contributed by atoms with Crippen LogP contribution in [-0.2, 0) is 4.65 Å². The zero-order chi connectivity index (χ0) is 7.28. The molecule has 0 heterocycles. The Morgan fingerprint density at radius 1 is 1.60 bits per heavy atom.